The lowest BCUT2D eigenvalue weighted by molar-refractivity contribution is -0.122. The zero-order chi connectivity index (χ0) is 20.1. The van der Waals surface area contributed by atoms with E-state index in [-0.39, 0.29) is 11.9 Å². The van der Waals surface area contributed by atoms with E-state index in [1.165, 1.54) is 0 Å². The van der Waals surface area contributed by atoms with Crippen molar-refractivity contribution in [3.63, 3.8) is 0 Å². The molecule has 148 valence electrons. The van der Waals surface area contributed by atoms with E-state index in [2.05, 4.69) is 5.32 Å². The number of hydrogen-bond acceptors (Lipinski definition) is 3. The third-order valence-electron chi connectivity index (χ3n) is 5.31. The van der Waals surface area contributed by atoms with Crippen LogP contribution in [0.5, 0.6) is 5.75 Å². The van der Waals surface area contributed by atoms with Crippen LogP contribution in [0.25, 0.3) is 0 Å². The first-order chi connectivity index (χ1) is 14.2. The maximum atomic E-state index is 12.5. The standard InChI is InChI=1S/C25H25NO3/c27-23-16-20-10-4-5-12-22(20)25(23)26-24(28)14-13-18-9-6-11-21(15-18)29-17-19-7-2-1-3-8-19/h1-12,15,23,25,27H,13-14,16-17H2,(H,26,28)/t23-,25+/m1/s1. The Morgan fingerprint density at radius 2 is 1.72 bits per heavy atom. The van der Waals surface area contributed by atoms with Gasteiger partial charge in [-0.25, -0.2) is 0 Å². The number of fused-ring (bicyclic) bond motifs is 1. The maximum Gasteiger partial charge on any atom is 0.220 e. The summed E-state index contributed by atoms with van der Waals surface area (Å²) in [7, 11) is 0. The van der Waals surface area contributed by atoms with E-state index >= 15 is 0 Å². The minimum atomic E-state index is -0.564. The van der Waals surface area contributed by atoms with E-state index in [4.69, 9.17) is 4.74 Å². The van der Waals surface area contributed by atoms with Gasteiger partial charge < -0.3 is 15.2 Å². The van der Waals surface area contributed by atoms with Crippen LogP contribution in [0, 0.1) is 0 Å². The van der Waals surface area contributed by atoms with Crippen molar-refractivity contribution in [2.75, 3.05) is 0 Å². The van der Waals surface area contributed by atoms with Gasteiger partial charge in [-0.1, -0.05) is 66.7 Å². The lowest BCUT2D eigenvalue weighted by Crippen LogP contribution is -2.33. The zero-order valence-electron chi connectivity index (χ0n) is 16.3. The van der Waals surface area contributed by atoms with Crippen molar-refractivity contribution in [3.05, 3.63) is 101 Å². The van der Waals surface area contributed by atoms with Crippen LogP contribution in [-0.4, -0.2) is 17.1 Å². The number of aryl methyl sites for hydroxylation is 1. The number of aliphatic hydroxyl groups is 1. The third-order valence-corrected chi connectivity index (χ3v) is 5.31. The highest BCUT2D eigenvalue weighted by Gasteiger charge is 2.31. The molecule has 0 bridgehead atoms. The second-order valence-electron chi connectivity index (χ2n) is 7.44. The van der Waals surface area contributed by atoms with Gasteiger partial charge in [0.2, 0.25) is 5.91 Å². The first kappa shape index (κ1) is 19.2. The number of ether oxygens (including phenoxy) is 1. The van der Waals surface area contributed by atoms with Crippen LogP contribution in [-0.2, 0) is 24.2 Å². The minimum absolute atomic E-state index is 0.0543. The number of carbonyl (C=O) groups excluding carboxylic acids is 1. The Balaban J connectivity index is 1.30. The highest BCUT2D eigenvalue weighted by atomic mass is 16.5. The summed E-state index contributed by atoms with van der Waals surface area (Å²) in [5, 5.41) is 13.3. The Kier molecular flexibility index (Phi) is 5.92. The van der Waals surface area contributed by atoms with Crippen molar-refractivity contribution >= 4 is 5.91 Å². The molecule has 0 saturated heterocycles. The SMILES string of the molecule is O=C(CCc1cccc(OCc2ccccc2)c1)N[C@H]1c2ccccc2C[C@H]1O. The van der Waals surface area contributed by atoms with Crippen LogP contribution in [0.2, 0.25) is 0 Å². The van der Waals surface area contributed by atoms with E-state index in [1.807, 2.05) is 78.9 Å². The monoisotopic (exact) mass is 387 g/mol. The topological polar surface area (TPSA) is 58.6 Å². The van der Waals surface area contributed by atoms with Crippen LogP contribution < -0.4 is 10.1 Å². The first-order valence-corrected chi connectivity index (χ1v) is 10.00. The molecule has 0 aliphatic heterocycles. The highest BCUT2D eigenvalue weighted by Crippen LogP contribution is 2.31. The highest BCUT2D eigenvalue weighted by molar-refractivity contribution is 5.77. The molecular formula is C25H25NO3. The molecule has 0 heterocycles. The summed E-state index contributed by atoms with van der Waals surface area (Å²) >= 11 is 0. The minimum Gasteiger partial charge on any atom is -0.489 e. The second kappa shape index (κ2) is 8.93. The van der Waals surface area contributed by atoms with Crippen molar-refractivity contribution in [1.29, 1.82) is 0 Å². The van der Waals surface area contributed by atoms with Gasteiger partial charge in [-0.2, -0.15) is 0 Å². The lowest BCUT2D eigenvalue weighted by atomic mass is 10.1. The molecule has 3 aromatic rings. The Labute approximate surface area is 171 Å². The largest absolute Gasteiger partial charge is 0.489 e. The van der Waals surface area contributed by atoms with E-state index in [1.54, 1.807) is 0 Å². The van der Waals surface area contributed by atoms with Crippen molar-refractivity contribution in [2.45, 2.75) is 38.0 Å². The van der Waals surface area contributed by atoms with Gasteiger partial charge in [0.05, 0.1) is 12.1 Å². The molecule has 0 fully saturated rings. The molecular weight excluding hydrogens is 362 g/mol. The van der Waals surface area contributed by atoms with E-state index in [0.717, 1.165) is 28.0 Å². The van der Waals surface area contributed by atoms with Crippen molar-refractivity contribution in [1.82, 2.24) is 5.32 Å². The number of aliphatic hydroxyl groups excluding tert-OH is 1. The van der Waals surface area contributed by atoms with Gasteiger partial charge in [-0.15, -0.1) is 0 Å². The number of hydrogen-bond donors (Lipinski definition) is 2. The Morgan fingerprint density at radius 1 is 0.966 bits per heavy atom. The molecule has 2 atom stereocenters. The fraction of sp³-hybridized carbons (Fsp3) is 0.240. The number of carbonyl (C=O) groups is 1. The van der Waals surface area contributed by atoms with Gasteiger partial charge in [0, 0.05) is 12.8 Å². The molecule has 4 heteroatoms. The first-order valence-electron chi connectivity index (χ1n) is 10.00. The smallest absolute Gasteiger partial charge is 0.220 e. The van der Waals surface area contributed by atoms with Crippen LogP contribution >= 0.6 is 0 Å². The summed E-state index contributed by atoms with van der Waals surface area (Å²) < 4.78 is 5.87. The quantitative estimate of drug-likeness (QED) is 0.645. The summed E-state index contributed by atoms with van der Waals surface area (Å²) in [5.41, 5.74) is 4.30. The normalized spacial score (nSPS) is 17.6. The molecule has 1 amide bonds. The van der Waals surface area contributed by atoms with Gasteiger partial charge in [0.1, 0.15) is 12.4 Å². The number of benzene rings is 3. The van der Waals surface area contributed by atoms with Crippen LogP contribution in [0.15, 0.2) is 78.9 Å². The summed E-state index contributed by atoms with van der Waals surface area (Å²) in [6, 6.07) is 25.5. The molecule has 0 spiro atoms. The summed E-state index contributed by atoms with van der Waals surface area (Å²) in [6.07, 6.45) is 1.01. The maximum absolute atomic E-state index is 12.5. The molecule has 0 radical (unpaired) electrons. The molecule has 29 heavy (non-hydrogen) atoms. The molecule has 1 aliphatic carbocycles. The third kappa shape index (κ3) is 4.84. The van der Waals surface area contributed by atoms with Crippen molar-refractivity contribution in [2.24, 2.45) is 0 Å². The molecule has 0 unspecified atom stereocenters. The van der Waals surface area contributed by atoms with Crippen molar-refractivity contribution in [3.8, 4) is 5.75 Å². The van der Waals surface area contributed by atoms with Gasteiger partial charge >= 0.3 is 0 Å². The zero-order valence-corrected chi connectivity index (χ0v) is 16.3. The summed E-state index contributed by atoms with van der Waals surface area (Å²) in [4.78, 5) is 12.5. The fourth-order valence-corrected chi connectivity index (χ4v) is 3.78. The fourth-order valence-electron chi connectivity index (χ4n) is 3.78. The van der Waals surface area contributed by atoms with Crippen molar-refractivity contribution < 1.29 is 14.6 Å². The van der Waals surface area contributed by atoms with E-state index < -0.39 is 6.10 Å². The number of rotatable bonds is 7. The molecule has 1 aliphatic rings. The predicted molar refractivity (Wildman–Crippen MR) is 113 cm³/mol. The van der Waals surface area contributed by atoms with Gasteiger partial charge in [-0.3, -0.25) is 4.79 Å². The van der Waals surface area contributed by atoms with Crippen LogP contribution in [0.3, 0.4) is 0 Å². The second-order valence-corrected chi connectivity index (χ2v) is 7.44. The molecule has 4 nitrogen and oxygen atoms in total. The summed E-state index contributed by atoms with van der Waals surface area (Å²) in [5.74, 6) is 0.744. The number of nitrogens with one attached hydrogen (secondary N) is 1. The molecule has 0 aromatic heterocycles. The average Bonchev–Trinajstić information content (AvgIpc) is 3.07. The molecule has 0 saturated carbocycles. The average molecular weight is 387 g/mol. The van der Waals surface area contributed by atoms with E-state index in [9.17, 15) is 9.90 Å². The Morgan fingerprint density at radius 3 is 2.59 bits per heavy atom. The molecule has 3 aromatic carbocycles. The predicted octanol–water partition coefficient (Wildman–Crippen LogP) is 3.97. The van der Waals surface area contributed by atoms with Gasteiger partial charge in [0.25, 0.3) is 0 Å². The van der Waals surface area contributed by atoms with E-state index in [0.29, 0.717) is 25.9 Å². The molecule has 4 rings (SSSR count). The number of amides is 1. The van der Waals surface area contributed by atoms with Crippen LogP contribution in [0.1, 0.15) is 34.7 Å². The Bertz CT molecular complexity index is 971. The lowest BCUT2D eigenvalue weighted by Gasteiger charge is -2.18. The Hall–Kier alpha value is -3.11. The van der Waals surface area contributed by atoms with Gasteiger partial charge in [-0.05, 0) is 40.8 Å². The van der Waals surface area contributed by atoms with Crippen LogP contribution in [0.4, 0.5) is 0 Å². The summed E-state index contributed by atoms with van der Waals surface area (Å²) in [6.45, 7) is 0.518. The molecule has 2 N–H and O–H groups in total. The van der Waals surface area contributed by atoms with Gasteiger partial charge in [0.15, 0.2) is 0 Å².